The lowest BCUT2D eigenvalue weighted by molar-refractivity contribution is -0.141. The van der Waals surface area contributed by atoms with Crippen LogP contribution in [0, 0.1) is 6.92 Å². The number of fused-ring (bicyclic) bond motifs is 1. The second-order valence-corrected chi connectivity index (χ2v) is 10.7. The number of nitrogens with one attached hydrogen (secondary N) is 1. The Morgan fingerprint density at radius 1 is 1.05 bits per heavy atom. The SMILES string of the molecule is Cc1cc(-c2cccc([C@@H](O)C(=O)N3CCc4nc(C5(c6ccccc6)CC5)[nH]c(=O)c4C3)c2)ccc1Cl. The summed E-state index contributed by atoms with van der Waals surface area (Å²) in [6.07, 6.45) is 1.04. The number of aromatic nitrogens is 2. The van der Waals surface area contributed by atoms with Crippen LogP contribution in [-0.2, 0) is 23.2 Å². The number of rotatable bonds is 5. The highest BCUT2D eigenvalue weighted by Crippen LogP contribution is 2.52. The smallest absolute Gasteiger partial charge is 0.256 e. The fraction of sp³-hybridized carbons (Fsp3) is 0.258. The van der Waals surface area contributed by atoms with Gasteiger partial charge in [0.15, 0.2) is 6.10 Å². The third-order valence-electron chi connectivity index (χ3n) is 7.84. The normalized spacial score (nSPS) is 16.6. The van der Waals surface area contributed by atoms with Gasteiger partial charge >= 0.3 is 0 Å². The first-order valence-corrected chi connectivity index (χ1v) is 13.2. The van der Waals surface area contributed by atoms with Gasteiger partial charge in [-0.25, -0.2) is 4.98 Å². The molecule has 3 aromatic carbocycles. The molecular formula is C31H28ClN3O3. The van der Waals surface area contributed by atoms with E-state index >= 15 is 0 Å². The van der Waals surface area contributed by atoms with Crippen LogP contribution in [0.2, 0.25) is 5.02 Å². The fourth-order valence-electron chi connectivity index (χ4n) is 5.41. The van der Waals surface area contributed by atoms with Crippen molar-refractivity contribution in [1.82, 2.24) is 14.9 Å². The van der Waals surface area contributed by atoms with E-state index in [0.717, 1.165) is 40.8 Å². The van der Waals surface area contributed by atoms with Crippen molar-refractivity contribution in [1.29, 1.82) is 0 Å². The molecule has 1 aliphatic carbocycles. The lowest BCUT2D eigenvalue weighted by Gasteiger charge is -2.30. The van der Waals surface area contributed by atoms with Crippen molar-refractivity contribution in [2.45, 2.75) is 44.2 Å². The fourth-order valence-corrected chi connectivity index (χ4v) is 5.53. The molecule has 1 saturated carbocycles. The summed E-state index contributed by atoms with van der Waals surface area (Å²) < 4.78 is 0. The molecule has 2 N–H and O–H groups in total. The van der Waals surface area contributed by atoms with Crippen LogP contribution >= 0.6 is 11.6 Å². The van der Waals surface area contributed by atoms with Crippen LogP contribution < -0.4 is 5.56 Å². The van der Waals surface area contributed by atoms with Crippen LogP contribution in [0.3, 0.4) is 0 Å². The van der Waals surface area contributed by atoms with E-state index in [0.29, 0.717) is 34.9 Å². The summed E-state index contributed by atoms with van der Waals surface area (Å²) in [5.74, 6) is 0.285. The highest BCUT2D eigenvalue weighted by molar-refractivity contribution is 6.31. The summed E-state index contributed by atoms with van der Waals surface area (Å²) in [5.41, 5.74) is 5.26. The number of hydrogen-bond acceptors (Lipinski definition) is 4. The maximum Gasteiger partial charge on any atom is 0.256 e. The van der Waals surface area contributed by atoms with Crippen LogP contribution in [-0.4, -0.2) is 32.4 Å². The first-order chi connectivity index (χ1) is 18.4. The molecule has 38 heavy (non-hydrogen) atoms. The Bertz CT molecular complexity index is 1590. The molecule has 2 heterocycles. The molecule has 1 aromatic heterocycles. The highest BCUT2D eigenvalue weighted by Gasteiger charge is 2.48. The predicted molar refractivity (Wildman–Crippen MR) is 147 cm³/mol. The molecule has 2 aliphatic rings. The van der Waals surface area contributed by atoms with Gasteiger partial charge in [-0.3, -0.25) is 9.59 Å². The molecule has 1 amide bonds. The van der Waals surface area contributed by atoms with Crippen molar-refractivity contribution in [3.8, 4) is 11.1 Å². The summed E-state index contributed by atoms with van der Waals surface area (Å²) in [6.45, 7) is 2.46. The molecule has 4 aromatic rings. The van der Waals surface area contributed by atoms with E-state index in [1.165, 1.54) is 0 Å². The number of carbonyl (C=O) groups excluding carboxylic acids is 1. The summed E-state index contributed by atoms with van der Waals surface area (Å²) in [4.78, 5) is 35.9. The van der Waals surface area contributed by atoms with Crippen molar-refractivity contribution in [2.75, 3.05) is 6.54 Å². The van der Waals surface area contributed by atoms with Crippen molar-refractivity contribution in [3.63, 3.8) is 0 Å². The third kappa shape index (κ3) is 4.34. The van der Waals surface area contributed by atoms with Gasteiger partial charge in [-0.2, -0.15) is 0 Å². The van der Waals surface area contributed by atoms with Crippen molar-refractivity contribution in [3.05, 3.63) is 122 Å². The van der Waals surface area contributed by atoms with Gasteiger partial charge in [-0.15, -0.1) is 0 Å². The van der Waals surface area contributed by atoms with Gasteiger partial charge in [0.05, 0.1) is 23.2 Å². The van der Waals surface area contributed by atoms with Crippen LogP contribution in [0.15, 0.2) is 77.6 Å². The number of H-pyrrole nitrogens is 1. The van der Waals surface area contributed by atoms with Crippen molar-refractivity contribution in [2.24, 2.45) is 0 Å². The topological polar surface area (TPSA) is 86.3 Å². The van der Waals surface area contributed by atoms with E-state index in [4.69, 9.17) is 16.6 Å². The molecule has 0 spiro atoms. The Hall–Kier alpha value is -3.74. The Balaban J connectivity index is 1.22. The number of aromatic amines is 1. The Morgan fingerprint density at radius 2 is 1.82 bits per heavy atom. The summed E-state index contributed by atoms with van der Waals surface area (Å²) in [7, 11) is 0. The van der Waals surface area contributed by atoms with Gasteiger partial charge in [0.25, 0.3) is 11.5 Å². The zero-order valence-corrected chi connectivity index (χ0v) is 21.8. The maximum absolute atomic E-state index is 13.3. The monoisotopic (exact) mass is 525 g/mol. The number of halogens is 1. The van der Waals surface area contributed by atoms with E-state index < -0.39 is 12.0 Å². The molecule has 0 radical (unpaired) electrons. The number of hydrogen-bond donors (Lipinski definition) is 2. The molecule has 192 valence electrons. The minimum Gasteiger partial charge on any atom is -0.378 e. The molecule has 7 heteroatoms. The van der Waals surface area contributed by atoms with Crippen LogP contribution in [0.4, 0.5) is 0 Å². The van der Waals surface area contributed by atoms with Gasteiger partial charge in [-0.05, 0) is 65.8 Å². The predicted octanol–water partition coefficient (Wildman–Crippen LogP) is 5.10. The second kappa shape index (κ2) is 9.53. The Kier molecular flexibility index (Phi) is 6.17. The van der Waals surface area contributed by atoms with Gasteiger partial charge in [0.1, 0.15) is 5.82 Å². The van der Waals surface area contributed by atoms with Crippen LogP contribution in [0.5, 0.6) is 0 Å². The minimum absolute atomic E-state index is 0.127. The van der Waals surface area contributed by atoms with Crippen molar-refractivity contribution < 1.29 is 9.90 Å². The lowest BCUT2D eigenvalue weighted by atomic mass is 9.94. The van der Waals surface area contributed by atoms with E-state index in [1.807, 2.05) is 61.5 Å². The zero-order chi connectivity index (χ0) is 26.4. The molecule has 0 bridgehead atoms. The highest BCUT2D eigenvalue weighted by atomic mass is 35.5. The van der Waals surface area contributed by atoms with E-state index in [2.05, 4.69) is 17.1 Å². The van der Waals surface area contributed by atoms with Crippen LogP contribution in [0.25, 0.3) is 11.1 Å². The summed E-state index contributed by atoms with van der Waals surface area (Å²) in [5, 5.41) is 11.7. The van der Waals surface area contributed by atoms with E-state index in [9.17, 15) is 14.7 Å². The second-order valence-electron chi connectivity index (χ2n) is 10.3. The summed E-state index contributed by atoms with van der Waals surface area (Å²) >= 11 is 6.17. The number of amides is 1. The molecule has 6 nitrogen and oxygen atoms in total. The summed E-state index contributed by atoms with van der Waals surface area (Å²) in [6, 6.07) is 23.2. The van der Waals surface area contributed by atoms with Gasteiger partial charge < -0.3 is 15.0 Å². The molecule has 1 fully saturated rings. The average molecular weight is 526 g/mol. The standard InChI is InChI=1S/C31H28ClN3O3/c1-19-16-21(10-11-25(19)32)20-6-5-7-22(17-20)27(36)29(38)35-15-12-26-24(18-35)28(37)34-30(33-26)31(13-14-31)23-8-3-2-4-9-23/h2-11,16-17,27,36H,12-15,18H2,1H3,(H,33,34,37)/t27-/m1/s1. The van der Waals surface area contributed by atoms with Gasteiger partial charge in [0, 0.05) is 18.0 Å². The average Bonchev–Trinajstić information content (AvgIpc) is 3.76. The first kappa shape index (κ1) is 24.6. The van der Waals surface area contributed by atoms with Crippen LogP contribution in [0.1, 0.15) is 52.7 Å². The quantitative estimate of drug-likeness (QED) is 0.380. The molecule has 6 rings (SSSR count). The molecule has 1 aliphatic heterocycles. The molecular weight excluding hydrogens is 498 g/mol. The Labute approximate surface area is 225 Å². The number of aryl methyl sites for hydroxylation is 1. The Morgan fingerprint density at radius 3 is 2.55 bits per heavy atom. The number of nitrogens with zero attached hydrogens (tertiary/aromatic N) is 2. The maximum atomic E-state index is 13.3. The lowest BCUT2D eigenvalue weighted by Crippen LogP contribution is -2.42. The van der Waals surface area contributed by atoms with Crippen molar-refractivity contribution >= 4 is 17.5 Å². The van der Waals surface area contributed by atoms with E-state index in [-0.39, 0.29) is 17.5 Å². The third-order valence-corrected chi connectivity index (χ3v) is 8.26. The van der Waals surface area contributed by atoms with Gasteiger partial charge in [-0.1, -0.05) is 66.2 Å². The largest absolute Gasteiger partial charge is 0.378 e. The minimum atomic E-state index is -1.33. The molecule has 0 saturated heterocycles. The number of aliphatic hydroxyl groups is 1. The first-order valence-electron chi connectivity index (χ1n) is 12.9. The van der Waals surface area contributed by atoms with Gasteiger partial charge in [0.2, 0.25) is 0 Å². The zero-order valence-electron chi connectivity index (χ0n) is 21.1. The molecule has 0 unspecified atom stereocenters. The van der Waals surface area contributed by atoms with E-state index in [1.54, 1.807) is 11.0 Å². The molecule has 1 atom stereocenters. The number of benzene rings is 3. The number of carbonyl (C=O) groups is 1. The number of aliphatic hydroxyl groups excluding tert-OH is 1.